The summed E-state index contributed by atoms with van der Waals surface area (Å²) >= 11 is 0. The van der Waals surface area contributed by atoms with Crippen LogP contribution in [0.3, 0.4) is 0 Å². The molecule has 1 saturated carbocycles. The highest BCUT2D eigenvalue weighted by Crippen LogP contribution is 2.37. The predicted molar refractivity (Wildman–Crippen MR) is 80.9 cm³/mol. The van der Waals surface area contributed by atoms with Crippen LogP contribution in [0.5, 0.6) is 0 Å². The highest BCUT2D eigenvalue weighted by molar-refractivity contribution is 5.75. The van der Waals surface area contributed by atoms with E-state index in [-0.39, 0.29) is 5.54 Å². The minimum absolute atomic E-state index is 0.142. The molecule has 0 amide bonds. The lowest BCUT2D eigenvalue weighted by Gasteiger charge is -2.47. The Morgan fingerprint density at radius 2 is 1.70 bits per heavy atom. The minimum Gasteiger partial charge on any atom is -0.481 e. The molecule has 1 aliphatic carbocycles. The molecule has 4 heteroatoms. The standard InChI is InChI=1S/C16H30N2O2/c1-15(2)12-18(11-10-17(15)3)13-16(14(19)20)8-6-4-5-7-9-16/h4-13H2,1-3H3,(H,19,20). The zero-order chi connectivity index (χ0) is 14.8. The number of rotatable bonds is 3. The van der Waals surface area contributed by atoms with E-state index in [1.165, 1.54) is 12.8 Å². The van der Waals surface area contributed by atoms with E-state index in [2.05, 4.69) is 30.7 Å². The van der Waals surface area contributed by atoms with Gasteiger partial charge in [-0.15, -0.1) is 0 Å². The van der Waals surface area contributed by atoms with Gasteiger partial charge in [0.2, 0.25) is 0 Å². The molecule has 0 atom stereocenters. The highest BCUT2D eigenvalue weighted by Gasteiger charge is 2.42. The number of nitrogens with zero attached hydrogens (tertiary/aromatic N) is 2. The fourth-order valence-corrected chi connectivity index (χ4v) is 3.75. The van der Waals surface area contributed by atoms with E-state index < -0.39 is 11.4 Å². The summed E-state index contributed by atoms with van der Waals surface area (Å²) in [6, 6.07) is 0. The highest BCUT2D eigenvalue weighted by atomic mass is 16.4. The second kappa shape index (κ2) is 6.02. The fraction of sp³-hybridized carbons (Fsp3) is 0.938. The molecule has 20 heavy (non-hydrogen) atoms. The van der Waals surface area contributed by atoms with Crippen molar-refractivity contribution < 1.29 is 9.90 Å². The number of aliphatic carboxylic acids is 1. The molecule has 1 N–H and O–H groups in total. The molecule has 4 nitrogen and oxygen atoms in total. The maximum Gasteiger partial charge on any atom is 0.310 e. The van der Waals surface area contributed by atoms with Crippen LogP contribution in [0, 0.1) is 5.41 Å². The second-order valence-electron chi connectivity index (χ2n) is 7.44. The Morgan fingerprint density at radius 3 is 2.20 bits per heavy atom. The fourth-order valence-electron chi connectivity index (χ4n) is 3.75. The molecular weight excluding hydrogens is 252 g/mol. The summed E-state index contributed by atoms with van der Waals surface area (Å²) in [6.07, 6.45) is 6.25. The van der Waals surface area contributed by atoms with Crippen LogP contribution < -0.4 is 0 Å². The third-order valence-corrected chi connectivity index (χ3v) is 5.44. The Morgan fingerprint density at radius 1 is 1.10 bits per heavy atom. The van der Waals surface area contributed by atoms with Crippen molar-refractivity contribution in [1.29, 1.82) is 0 Å². The molecule has 2 aliphatic rings. The van der Waals surface area contributed by atoms with Crippen molar-refractivity contribution >= 4 is 5.97 Å². The molecule has 0 unspecified atom stereocenters. The molecule has 0 aromatic carbocycles. The molecule has 2 rings (SSSR count). The largest absolute Gasteiger partial charge is 0.481 e. The maximum absolute atomic E-state index is 11.9. The van der Waals surface area contributed by atoms with Crippen LogP contribution in [0.15, 0.2) is 0 Å². The van der Waals surface area contributed by atoms with E-state index in [0.29, 0.717) is 0 Å². The van der Waals surface area contributed by atoms with E-state index in [1.54, 1.807) is 0 Å². The van der Waals surface area contributed by atoms with Gasteiger partial charge >= 0.3 is 5.97 Å². The van der Waals surface area contributed by atoms with Crippen molar-refractivity contribution in [1.82, 2.24) is 9.80 Å². The lowest BCUT2D eigenvalue weighted by molar-refractivity contribution is -0.152. The SMILES string of the molecule is CN1CCN(CC2(C(=O)O)CCCCCC2)CC1(C)C. The monoisotopic (exact) mass is 282 g/mol. The Labute approximate surface area is 123 Å². The van der Waals surface area contributed by atoms with Gasteiger partial charge in [-0.05, 0) is 33.7 Å². The summed E-state index contributed by atoms with van der Waals surface area (Å²) in [5.74, 6) is -0.573. The molecule has 1 heterocycles. The normalized spacial score (nSPS) is 27.9. The zero-order valence-corrected chi connectivity index (χ0v) is 13.3. The van der Waals surface area contributed by atoms with Gasteiger partial charge in [-0.3, -0.25) is 14.6 Å². The first kappa shape index (κ1) is 15.8. The van der Waals surface area contributed by atoms with Gasteiger partial charge in [-0.1, -0.05) is 25.7 Å². The first-order valence-corrected chi connectivity index (χ1v) is 8.03. The number of carboxylic acids is 1. The molecule has 1 aliphatic heterocycles. The Hall–Kier alpha value is -0.610. The Bertz CT molecular complexity index is 346. The lowest BCUT2D eigenvalue weighted by atomic mass is 9.79. The third kappa shape index (κ3) is 3.34. The summed E-state index contributed by atoms with van der Waals surface area (Å²) < 4.78 is 0. The van der Waals surface area contributed by atoms with E-state index in [1.807, 2.05) is 0 Å². The van der Waals surface area contributed by atoms with Crippen molar-refractivity contribution in [2.24, 2.45) is 5.41 Å². The topological polar surface area (TPSA) is 43.8 Å². The van der Waals surface area contributed by atoms with Crippen molar-refractivity contribution in [3.8, 4) is 0 Å². The summed E-state index contributed by atoms with van der Waals surface area (Å²) in [6.45, 7) is 8.23. The van der Waals surface area contributed by atoms with E-state index >= 15 is 0 Å². The number of carboxylic acid groups (broad SMARTS) is 1. The molecule has 2 fully saturated rings. The average Bonchev–Trinajstić information content (AvgIpc) is 2.60. The summed E-state index contributed by atoms with van der Waals surface area (Å²) in [5.41, 5.74) is -0.356. The number of piperazine rings is 1. The first-order valence-electron chi connectivity index (χ1n) is 8.03. The molecule has 116 valence electrons. The predicted octanol–water partition coefficient (Wildman–Crippen LogP) is 2.44. The number of hydrogen-bond donors (Lipinski definition) is 1. The van der Waals surface area contributed by atoms with Crippen LogP contribution in [-0.2, 0) is 4.79 Å². The summed E-state index contributed by atoms with van der Waals surface area (Å²) in [7, 11) is 2.16. The van der Waals surface area contributed by atoms with Crippen LogP contribution in [0.2, 0.25) is 0 Å². The number of likely N-dealkylation sites (N-methyl/N-ethyl adjacent to an activating group) is 1. The van der Waals surface area contributed by atoms with Gasteiger partial charge in [-0.2, -0.15) is 0 Å². The second-order valence-corrected chi connectivity index (χ2v) is 7.44. The lowest BCUT2D eigenvalue weighted by Crippen LogP contribution is -2.59. The van der Waals surface area contributed by atoms with Crippen molar-refractivity contribution in [2.45, 2.75) is 57.9 Å². The zero-order valence-electron chi connectivity index (χ0n) is 13.3. The number of hydrogen-bond acceptors (Lipinski definition) is 3. The molecule has 0 bridgehead atoms. The van der Waals surface area contributed by atoms with Crippen molar-refractivity contribution in [3.05, 3.63) is 0 Å². The minimum atomic E-state index is -0.573. The Kier molecular flexibility index (Phi) is 4.75. The van der Waals surface area contributed by atoms with Gasteiger partial charge in [0.05, 0.1) is 5.41 Å². The first-order chi connectivity index (χ1) is 9.36. The van der Waals surface area contributed by atoms with Gasteiger partial charge in [0.25, 0.3) is 0 Å². The van der Waals surface area contributed by atoms with Crippen LogP contribution in [-0.4, -0.2) is 59.6 Å². The quantitative estimate of drug-likeness (QED) is 0.808. The van der Waals surface area contributed by atoms with E-state index in [0.717, 1.165) is 51.9 Å². The molecule has 0 aromatic heterocycles. The Balaban J connectivity index is 2.07. The smallest absolute Gasteiger partial charge is 0.310 e. The molecule has 0 radical (unpaired) electrons. The average molecular weight is 282 g/mol. The van der Waals surface area contributed by atoms with Crippen molar-refractivity contribution in [3.63, 3.8) is 0 Å². The maximum atomic E-state index is 11.9. The van der Waals surface area contributed by atoms with Gasteiger partial charge in [0, 0.05) is 31.7 Å². The van der Waals surface area contributed by atoms with Crippen molar-refractivity contribution in [2.75, 3.05) is 33.2 Å². The van der Waals surface area contributed by atoms with Crippen LogP contribution >= 0.6 is 0 Å². The van der Waals surface area contributed by atoms with Gasteiger partial charge in [-0.25, -0.2) is 0 Å². The summed E-state index contributed by atoms with van der Waals surface area (Å²) in [5, 5.41) is 9.79. The molecule has 0 spiro atoms. The van der Waals surface area contributed by atoms with Crippen LogP contribution in [0.4, 0.5) is 0 Å². The van der Waals surface area contributed by atoms with Gasteiger partial charge in [0.1, 0.15) is 0 Å². The van der Waals surface area contributed by atoms with E-state index in [9.17, 15) is 9.90 Å². The van der Waals surface area contributed by atoms with Crippen LogP contribution in [0.25, 0.3) is 0 Å². The molecule has 1 saturated heterocycles. The molecular formula is C16H30N2O2. The summed E-state index contributed by atoms with van der Waals surface area (Å²) in [4.78, 5) is 16.7. The third-order valence-electron chi connectivity index (χ3n) is 5.44. The molecule has 0 aromatic rings. The van der Waals surface area contributed by atoms with E-state index in [4.69, 9.17) is 0 Å². The van der Waals surface area contributed by atoms with Crippen LogP contribution in [0.1, 0.15) is 52.4 Å². The van der Waals surface area contributed by atoms with Gasteiger partial charge in [0.15, 0.2) is 0 Å². The number of carbonyl (C=O) groups is 1. The van der Waals surface area contributed by atoms with Gasteiger partial charge < -0.3 is 5.11 Å².